The smallest absolute Gasteiger partial charge is 0.338 e. The molecule has 5 heteroatoms. The van der Waals surface area contributed by atoms with Crippen molar-refractivity contribution in [1.82, 2.24) is 0 Å². The number of carboxylic acid groups (broad SMARTS) is 1. The number of halogens is 1. The highest BCUT2D eigenvalue weighted by molar-refractivity contribution is 5.73. The van der Waals surface area contributed by atoms with Crippen LogP contribution in [0.1, 0.15) is 18.4 Å². The first-order chi connectivity index (χ1) is 8.01. The van der Waals surface area contributed by atoms with Gasteiger partial charge in [-0.15, -0.1) is 0 Å². The van der Waals surface area contributed by atoms with Gasteiger partial charge in [0.1, 0.15) is 11.5 Å². The maximum absolute atomic E-state index is 13.5. The highest BCUT2D eigenvalue weighted by atomic mass is 19.1. The molecule has 0 aliphatic rings. The normalized spacial score (nSPS) is 13.9. The molecule has 0 aliphatic heterocycles. The predicted molar refractivity (Wildman–Crippen MR) is 60.5 cm³/mol. The second kappa shape index (κ2) is 5.52. The van der Waals surface area contributed by atoms with Gasteiger partial charge >= 0.3 is 5.97 Å². The largest absolute Gasteiger partial charge is 0.497 e. The molecule has 0 bridgehead atoms. The van der Waals surface area contributed by atoms with Crippen molar-refractivity contribution in [1.29, 1.82) is 0 Å². The van der Waals surface area contributed by atoms with E-state index in [1.165, 1.54) is 21.1 Å². The summed E-state index contributed by atoms with van der Waals surface area (Å²) >= 11 is 0. The van der Waals surface area contributed by atoms with E-state index in [-0.39, 0.29) is 0 Å². The van der Waals surface area contributed by atoms with E-state index in [0.717, 1.165) is 0 Å². The number of aliphatic carboxylic acids is 1. The molecule has 1 aromatic rings. The zero-order valence-corrected chi connectivity index (χ0v) is 9.94. The van der Waals surface area contributed by atoms with Crippen LogP contribution < -0.4 is 9.47 Å². The molecular formula is C12H15FO4. The second-order valence-electron chi connectivity index (χ2n) is 3.64. The highest BCUT2D eigenvalue weighted by Crippen LogP contribution is 2.33. The molecule has 0 aliphatic carbocycles. The van der Waals surface area contributed by atoms with Gasteiger partial charge in [-0.2, -0.15) is 0 Å². The Kier molecular flexibility index (Phi) is 4.31. The van der Waals surface area contributed by atoms with Gasteiger partial charge in [-0.3, -0.25) is 0 Å². The SMILES string of the molecule is COc1ccc(OC)c(C(C)C(F)C(=O)O)c1. The monoisotopic (exact) mass is 242 g/mol. The van der Waals surface area contributed by atoms with Gasteiger partial charge < -0.3 is 14.6 Å². The number of methoxy groups -OCH3 is 2. The third kappa shape index (κ3) is 2.87. The quantitative estimate of drug-likeness (QED) is 0.860. The van der Waals surface area contributed by atoms with E-state index in [9.17, 15) is 9.18 Å². The van der Waals surface area contributed by atoms with E-state index in [4.69, 9.17) is 14.6 Å². The Morgan fingerprint density at radius 1 is 1.35 bits per heavy atom. The molecule has 4 nitrogen and oxygen atoms in total. The van der Waals surface area contributed by atoms with Crippen molar-refractivity contribution in [2.24, 2.45) is 0 Å². The summed E-state index contributed by atoms with van der Waals surface area (Å²) in [5, 5.41) is 8.66. The minimum absolute atomic E-state index is 0.446. The van der Waals surface area contributed by atoms with Crippen molar-refractivity contribution in [3.05, 3.63) is 23.8 Å². The van der Waals surface area contributed by atoms with Gasteiger partial charge in [0.25, 0.3) is 0 Å². The van der Waals surface area contributed by atoms with E-state index in [2.05, 4.69) is 0 Å². The van der Waals surface area contributed by atoms with Crippen LogP contribution in [0.5, 0.6) is 11.5 Å². The topological polar surface area (TPSA) is 55.8 Å². The lowest BCUT2D eigenvalue weighted by atomic mass is 9.95. The van der Waals surface area contributed by atoms with Crippen molar-refractivity contribution < 1.29 is 23.8 Å². The number of hydrogen-bond donors (Lipinski definition) is 1. The summed E-state index contributed by atoms with van der Waals surface area (Å²) in [7, 11) is 2.94. The number of carbonyl (C=O) groups is 1. The third-order valence-electron chi connectivity index (χ3n) is 2.60. The van der Waals surface area contributed by atoms with Gasteiger partial charge in [0, 0.05) is 11.5 Å². The summed E-state index contributed by atoms with van der Waals surface area (Å²) in [6, 6.07) is 4.88. The Bertz CT molecular complexity index is 405. The number of alkyl halides is 1. The molecule has 2 unspecified atom stereocenters. The average molecular weight is 242 g/mol. The van der Waals surface area contributed by atoms with Crippen molar-refractivity contribution in [3.63, 3.8) is 0 Å². The van der Waals surface area contributed by atoms with Crippen molar-refractivity contribution in [2.75, 3.05) is 14.2 Å². The van der Waals surface area contributed by atoms with Crippen LogP contribution in [-0.4, -0.2) is 31.5 Å². The molecule has 0 radical (unpaired) electrons. The maximum Gasteiger partial charge on any atom is 0.338 e. The van der Waals surface area contributed by atoms with Gasteiger partial charge in [-0.05, 0) is 18.2 Å². The summed E-state index contributed by atoms with van der Waals surface area (Å²) in [6.45, 7) is 1.50. The molecule has 0 aromatic heterocycles. The fourth-order valence-corrected chi connectivity index (χ4v) is 1.57. The predicted octanol–water partition coefficient (Wildman–Crippen LogP) is 2.23. The molecule has 94 valence electrons. The molecule has 1 rings (SSSR count). The number of ether oxygens (including phenoxy) is 2. The Morgan fingerprint density at radius 2 is 2.00 bits per heavy atom. The van der Waals surface area contributed by atoms with Crippen LogP contribution >= 0.6 is 0 Å². The molecule has 0 spiro atoms. The van der Waals surface area contributed by atoms with Gasteiger partial charge in [0.15, 0.2) is 0 Å². The fraction of sp³-hybridized carbons (Fsp3) is 0.417. The van der Waals surface area contributed by atoms with Crippen LogP contribution in [-0.2, 0) is 4.79 Å². The first-order valence-electron chi connectivity index (χ1n) is 5.10. The van der Waals surface area contributed by atoms with Gasteiger partial charge in [0.2, 0.25) is 6.17 Å². The van der Waals surface area contributed by atoms with E-state index < -0.39 is 18.1 Å². The van der Waals surface area contributed by atoms with E-state index in [0.29, 0.717) is 17.1 Å². The van der Waals surface area contributed by atoms with Crippen LogP contribution in [0.15, 0.2) is 18.2 Å². The molecule has 0 heterocycles. The van der Waals surface area contributed by atoms with E-state index >= 15 is 0 Å². The number of hydrogen-bond acceptors (Lipinski definition) is 3. The number of carboxylic acids is 1. The Balaban J connectivity index is 3.13. The summed E-state index contributed by atoms with van der Waals surface area (Å²) in [5.74, 6) is -1.31. The third-order valence-corrected chi connectivity index (χ3v) is 2.60. The molecule has 0 saturated heterocycles. The lowest BCUT2D eigenvalue weighted by molar-refractivity contribution is -0.143. The van der Waals surface area contributed by atoms with Gasteiger partial charge in [0.05, 0.1) is 14.2 Å². The fourth-order valence-electron chi connectivity index (χ4n) is 1.57. The standard InChI is InChI=1S/C12H15FO4/c1-7(11(13)12(14)15)9-6-8(16-2)4-5-10(9)17-3/h4-7,11H,1-3H3,(H,14,15). The molecular weight excluding hydrogens is 227 g/mol. The molecule has 0 fully saturated rings. The van der Waals surface area contributed by atoms with Crippen LogP contribution in [0, 0.1) is 0 Å². The van der Waals surface area contributed by atoms with Crippen LogP contribution in [0.2, 0.25) is 0 Å². The van der Waals surface area contributed by atoms with Crippen molar-refractivity contribution in [2.45, 2.75) is 19.0 Å². The number of benzene rings is 1. The zero-order chi connectivity index (χ0) is 13.0. The molecule has 0 amide bonds. The molecule has 1 N–H and O–H groups in total. The second-order valence-corrected chi connectivity index (χ2v) is 3.64. The van der Waals surface area contributed by atoms with Crippen LogP contribution in [0.25, 0.3) is 0 Å². The Labute approximate surface area is 99.0 Å². The van der Waals surface area contributed by atoms with E-state index in [1.54, 1.807) is 18.2 Å². The van der Waals surface area contributed by atoms with Crippen molar-refractivity contribution in [3.8, 4) is 11.5 Å². The Hall–Kier alpha value is -1.78. The number of rotatable bonds is 5. The van der Waals surface area contributed by atoms with Gasteiger partial charge in [-0.25, -0.2) is 9.18 Å². The highest BCUT2D eigenvalue weighted by Gasteiger charge is 2.27. The summed E-state index contributed by atoms with van der Waals surface area (Å²) in [5.41, 5.74) is 0.474. The van der Waals surface area contributed by atoms with Crippen LogP contribution in [0.3, 0.4) is 0 Å². The minimum Gasteiger partial charge on any atom is -0.497 e. The van der Waals surface area contributed by atoms with Crippen molar-refractivity contribution >= 4 is 5.97 Å². The van der Waals surface area contributed by atoms with E-state index in [1.807, 2.05) is 0 Å². The molecule has 17 heavy (non-hydrogen) atoms. The first kappa shape index (κ1) is 13.3. The molecule has 0 saturated carbocycles. The zero-order valence-electron chi connectivity index (χ0n) is 9.94. The lowest BCUT2D eigenvalue weighted by Gasteiger charge is -2.17. The molecule has 2 atom stereocenters. The summed E-state index contributed by atoms with van der Waals surface area (Å²) in [6.07, 6.45) is -1.98. The average Bonchev–Trinajstić information content (AvgIpc) is 2.35. The maximum atomic E-state index is 13.5. The summed E-state index contributed by atoms with van der Waals surface area (Å²) < 4.78 is 23.6. The molecule has 1 aromatic carbocycles. The Morgan fingerprint density at radius 3 is 2.47 bits per heavy atom. The minimum atomic E-state index is -1.98. The van der Waals surface area contributed by atoms with Gasteiger partial charge in [-0.1, -0.05) is 6.92 Å². The first-order valence-corrected chi connectivity index (χ1v) is 5.10. The lowest BCUT2D eigenvalue weighted by Crippen LogP contribution is -2.21. The van der Waals surface area contributed by atoms with Crippen LogP contribution in [0.4, 0.5) is 4.39 Å². The summed E-state index contributed by atoms with van der Waals surface area (Å²) in [4.78, 5) is 10.6.